The molecule has 0 amide bonds. The summed E-state index contributed by atoms with van der Waals surface area (Å²) in [6.07, 6.45) is 20.1. The summed E-state index contributed by atoms with van der Waals surface area (Å²) in [6, 6.07) is 0. The van der Waals surface area contributed by atoms with Crippen molar-refractivity contribution < 1.29 is 0 Å². The quantitative estimate of drug-likeness (QED) is 0.417. The summed E-state index contributed by atoms with van der Waals surface area (Å²) in [5, 5.41) is 4.17. The normalized spacial score (nSPS) is 12.7. The van der Waals surface area contributed by atoms with Crippen LogP contribution in [0.1, 0.15) is 90.9 Å². The highest BCUT2D eigenvalue weighted by Crippen LogP contribution is 2.23. The number of nitrogens with zero attached hydrogens (tertiary/aromatic N) is 3. The Morgan fingerprint density at radius 3 is 2.14 bits per heavy atom. The van der Waals surface area contributed by atoms with Crippen LogP contribution in [0.4, 0.5) is 0 Å². The van der Waals surface area contributed by atoms with Gasteiger partial charge in [-0.2, -0.15) is 5.10 Å². The lowest BCUT2D eigenvalue weighted by atomic mass is 9.90. The van der Waals surface area contributed by atoms with E-state index in [1.165, 1.54) is 77.0 Å². The van der Waals surface area contributed by atoms with Crippen molar-refractivity contribution in [2.24, 2.45) is 5.92 Å². The fourth-order valence-corrected chi connectivity index (χ4v) is 3.02. The molecule has 0 radical (unpaired) electrons. The minimum atomic E-state index is 0.960. The van der Waals surface area contributed by atoms with Gasteiger partial charge in [0.05, 0.1) is 0 Å². The Balaban J connectivity index is 2.09. The van der Waals surface area contributed by atoms with E-state index >= 15 is 0 Å². The van der Waals surface area contributed by atoms with Gasteiger partial charge in [0.2, 0.25) is 0 Å². The largest absolute Gasteiger partial charge is 0.253 e. The maximum absolute atomic E-state index is 4.17. The Labute approximate surface area is 131 Å². The van der Waals surface area contributed by atoms with E-state index in [1.807, 2.05) is 11.0 Å². The van der Waals surface area contributed by atoms with E-state index in [2.05, 4.69) is 23.9 Å². The fraction of sp³-hybridized carbons (Fsp3) is 0.889. The predicted molar refractivity (Wildman–Crippen MR) is 90.3 cm³/mol. The number of hydrogen-bond acceptors (Lipinski definition) is 2. The van der Waals surface area contributed by atoms with E-state index < -0.39 is 0 Å². The van der Waals surface area contributed by atoms with Crippen molar-refractivity contribution in [3.8, 4) is 0 Å². The molecule has 122 valence electrons. The van der Waals surface area contributed by atoms with Gasteiger partial charge in [0.15, 0.2) is 0 Å². The number of aryl methyl sites for hydroxylation is 1. The van der Waals surface area contributed by atoms with Crippen molar-refractivity contribution in [1.29, 1.82) is 0 Å². The second-order valence-electron chi connectivity index (χ2n) is 6.37. The molecule has 1 heterocycles. The maximum atomic E-state index is 4.17. The van der Waals surface area contributed by atoms with E-state index in [0.717, 1.165) is 12.5 Å². The van der Waals surface area contributed by atoms with Crippen molar-refractivity contribution in [2.75, 3.05) is 0 Å². The smallest absolute Gasteiger partial charge is 0.137 e. The molecule has 0 aromatic carbocycles. The molecule has 0 aliphatic carbocycles. The van der Waals surface area contributed by atoms with Crippen molar-refractivity contribution in [3.63, 3.8) is 0 Å². The predicted octanol–water partition coefficient (Wildman–Crippen LogP) is 5.62. The molecule has 1 aromatic rings. The molecule has 0 saturated heterocycles. The zero-order valence-electron chi connectivity index (χ0n) is 14.3. The van der Waals surface area contributed by atoms with Gasteiger partial charge in [-0.15, -0.1) is 0 Å². The SMILES string of the molecule is CCCCCCCC(CCCC)CCCCn1cncn1. The van der Waals surface area contributed by atoms with Crippen LogP contribution in [-0.2, 0) is 6.54 Å². The monoisotopic (exact) mass is 293 g/mol. The molecule has 1 atom stereocenters. The van der Waals surface area contributed by atoms with E-state index in [1.54, 1.807) is 6.33 Å². The molecule has 1 unspecified atom stereocenters. The van der Waals surface area contributed by atoms with Crippen molar-refractivity contribution in [3.05, 3.63) is 12.7 Å². The topological polar surface area (TPSA) is 30.7 Å². The Hall–Kier alpha value is -0.860. The van der Waals surface area contributed by atoms with E-state index in [4.69, 9.17) is 0 Å². The van der Waals surface area contributed by atoms with Crippen LogP contribution in [0.3, 0.4) is 0 Å². The second-order valence-corrected chi connectivity index (χ2v) is 6.37. The van der Waals surface area contributed by atoms with Gasteiger partial charge in [0.25, 0.3) is 0 Å². The molecule has 3 heteroatoms. The Morgan fingerprint density at radius 1 is 0.810 bits per heavy atom. The molecule has 1 rings (SSSR count). The first kappa shape index (κ1) is 18.2. The molecular weight excluding hydrogens is 258 g/mol. The molecule has 0 aliphatic heterocycles. The third-order valence-corrected chi connectivity index (χ3v) is 4.40. The minimum absolute atomic E-state index is 0.960. The van der Waals surface area contributed by atoms with E-state index in [0.29, 0.717) is 0 Å². The standard InChI is InChI=1S/C18H35N3/c1-3-5-7-8-9-13-18(12-6-4-2)14-10-11-15-21-17-19-16-20-21/h16-18H,3-15H2,1-2H3. The lowest BCUT2D eigenvalue weighted by Gasteiger charge is -2.16. The summed E-state index contributed by atoms with van der Waals surface area (Å²) >= 11 is 0. The van der Waals surface area contributed by atoms with Crippen LogP contribution < -0.4 is 0 Å². The number of aromatic nitrogens is 3. The van der Waals surface area contributed by atoms with Gasteiger partial charge in [-0.25, -0.2) is 4.98 Å². The van der Waals surface area contributed by atoms with Crippen molar-refractivity contribution >= 4 is 0 Å². The van der Waals surface area contributed by atoms with Crippen LogP contribution >= 0.6 is 0 Å². The molecule has 0 bridgehead atoms. The minimum Gasteiger partial charge on any atom is -0.253 e. The summed E-state index contributed by atoms with van der Waals surface area (Å²) in [6.45, 7) is 5.62. The molecule has 21 heavy (non-hydrogen) atoms. The molecule has 0 N–H and O–H groups in total. The molecule has 0 aliphatic rings. The van der Waals surface area contributed by atoms with Gasteiger partial charge < -0.3 is 0 Å². The average Bonchev–Trinajstić information content (AvgIpc) is 3.01. The Kier molecular flexibility index (Phi) is 11.1. The van der Waals surface area contributed by atoms with Gasteiger partial charge >= 0.3 is 0 Å². The zero-order chi connectivity index (χ0) is 15.2. The molecule has 1 aromatic heterocycles. The average molecular weight is 293 g/mol. The first-order chi connectivity index (χ1) is 10.4. The summed E-state index contributed by atoms with van der Waals surface area (Å²) in [5.74, 6) is 0.960. The fourth-order valence-electron chi connectivity index (χ4n) is 3.02. The zero-order valence-corrected chi connectivity index (χ0v) is 14.3. The highest BCUT2D eigenvalue weighted by Gasteiger charge is 2.08. The molecule has 0 saturated carbocycles. The van der Waals surface area contributed by atoms with E-state index in [-0.39, 0.29) is 0 Å². The number of rotatable bonds is 14. The van der Waals surface area contributed by atoms with Crippen LogP contribution in [0.2, 0.25) is 0 Å². The summed E-state index contributed by atoms with van der Waals surface area (Å²) < 4.78 is 1.95. The van der Waals surface area contributed by atoms with Crippen LogP contribution in [0.25, 0.3) is 0 Å². The molecular formula is C18H35N3. The number of unbranched alkanes of at least 4 members (excludes halogenated alkanes) is 6. The first-order valence-corrected chi connectivity index (χ1v) is 9.19. The molecule has 0 spiro atoms. The molecule has 0 fully saturated rings. The highest BCUT2D eigenvalue weighted by molar-refractivity contribution is 4.62. The van der Waals surface area contributed by atoms with Crippen LogP contribution in [0.15, 0.2) is 12.7 Å². The van der Waals surface area contributed by atoms with Gasteiger partial charge in [0.1, 0.15) is 12.7 Å². The summed E-state index contributed by atoms with van der Waals surface area (Å²) in [4.78, 5) is 3.99. The van der Waals surface area contributed by atoms with Crippen molar-refractivity contribution in [2.45, 2.75) is 97.4 Å². The van der Waals surface area contributed by atoms with Crippen LogP contribution in [-0.4, -0.2) is 14.8 Å². The van der Waals surface area contributed by atoms with Gasteiger partial charge in [-0.3, -0.25) is 4.68 Å². The Bertz CT molecular complexity index is 308. The third kappa shape index (κ3) is 9.65. The summed E-state index contributed by atoms with van der Waals surface area (Å²) in [5.41, 5.74) is 0. The Morgan fingerprint density at radius 2 is 1.48 bits per heavy atom. The highest BCUT2D eigenvalue weighted by atomic mass is 15.3. The lowest BCUT2D eigenvalue weighted by molar-refractivity contribution is 0.368. The summed E-state index contributed by atoms with van der Waals surface area (Å²) in [7, 11) is 0. The van der Waals surface area contributed by atoms with Gasteiger partial charge in [0, 0.05) is 6.54 Å². The second kappa shape index (κ2) is 12.8. The van der Waals surface area contributed by atoms with Crippen LogP contribution in [0.5, 0.6) is 0 Å². The van der Waals surface area contributed by atoms with Crippen LogP contribution in [0, 0.1) is 5.92 Å². The van der Waals surface area contributed by atoms with Gasteiger partial charge in [-0.1, -0.05) is 84.5 Å². The number of hydrogen-bond donors (Lipinski definition) is 0. The first-order valence-electron chi connectivity index (χ1n) is 9.19. The lowest BCUT2D eigenvalue weighted by Crippen LogP contribution is -2.03. The molecule has 3 nitrogen and oxygen atoms in total. The van der Waals surface area contributed by atoms with Gasteiger partial charge in [-0.05, 0) is 12.3 Å². The van der Waals surface area contributed by atoms with E-state index in [9.17, 15) is 0 Å². The third-order valence-electron chi connectivity index (χ3n) is 4.40. The van der Waals surface area contributed by atoms with Crippen molar-refractivity contribution in [1.82, 2.24) is 14.8 Å². The maximum Gasteiger partial charge on any atom is 0.137 e.